The SMILES string of the molecule is COC(=O)/C=C(/Nc1ccccc1Cl)C(=O)OC. The maximum Gasteiger partial charge on any atom is 0.354 e. The van der Waals surface area contributed by atoms with Crippen molar-refractivity contribution in [1.29, 1.82) is 0 Å². The summed E-state index contributed by atoms with van der Waals surface area (Å²) in [5, 5.41) is 3.13. The molecule has 0 radical (unpaired) electrons. The molecule has 0 fully saturated rings. The molecule has 1 rings (SSSR count). The molecule has 1 N–H and O–H groups in total. The van der Waals surface area contributed by atoms with Crippen molar-refractivity contribution >= 4 is 29.2 Å². The number of benzene rings is 1. The van der Waals surface area contributed by atoms with Crippen LogP contribution in [0.5, 0.6) is 0 Å². The highest BCUT2D eigenvalue weighted by Crippen LogP contribution is 2.22. The number of para-hydroxylation sites is 1. The molecular formula is C12H12ClNO4. The standard InChI is InChI=1S/C12H12ClNO4/c1-17-11(15)7-10(12(16)18-2)14-9-6-4-3-5-8(9)13/h3-7,14H,1-2H3/b10-7+. The summed E-state index contributed by atoms with van der Waals surface area (Å²) in [6, 6.07) is 6.80. The molecule has 0 aliphatic rings. The number of halogens is 1. The van der Waals surface area contributed by atoms with Gasteiger partial charge in [0.15, 0.2) is 0 Å². The number of rotatable bonds is 4. The Balaban J connectivity index is 3.00. The summed E-state index contributed by atoms with van der Waals surface area (Å²) in [6.07, 6.45) is 0.995. The van der Waals surface area contributed by atoms with E-state index in [4.69, 9.17) is 11.6 Å². The van der Waals surface area contributed by atoms with Crippen molar-refractivity contribution in [2.24, 2.45) is 0 Å². The van der Waals surface area contributed by atoms with Gasteiger partial charge in [-0.05, 0) is 12.1 Å². The quantitative estimate of drug-likeness (QED) is 0.669. The number of anilines is 1. The van der Waals surface area contributed by atoms with Crippen molar-refractivity contribution < 1.29 is 19.1 Å². The van der Waals surface area contributed by atoms with Crippen LogP contribution in [0, 0.1) is 0 Å². The second-order valence-corrected chi connectivity index (χ2v) is 3.58. The minimum atomic E-state index is -0.694. The molecule has 0 aromatic heterocycles. The lowest BCUT2D eigenvalue weighted by Gasteiger charge is -2.10. The number of carbonyl (C=O) groups excluding carboxylic acids is 2. The van der Waals surface area contributed by atoms with Crippen molar-refractivity contribution in [1.82, 2.24) is 0 Å². The normalized spacial score (nSPS) is 10.7. The Bertz CT molecular complexity index is 485. The highest BCUT2D eigenvalue weighted by atomic mass is 35.5. The van der Waals surface area contributed by atoms with Gasteiger partial charge in [0.1, 0.15) is 5.70 Å². The molecule has 0 aliphatic heterocycles. The van der Waals surface area contributed by atoms with Crippen molar-refractivity contribution in [3.05, 3.63) is 41.1 Å². The van der Waals surface area contributed by atoms with Crippen LogP contribution in [0.4, 0.5) is 5.69 Å². The molecule has 5 nitrogen and oxygen atoms in total. The molecule has 0 atom stereocenters. The minimum Gasteiger partial charge on any atom is -0.466 e. The monoisotopic (exact) mass is 269 g/mol. The summed E-state index contributed by atoms with van der Waals surface area (Å²) in [4.78, 5) is 22.6. The van der Waals surface area contributed by atoms with E-state index in [-0.39, 0.29) is 5.70 Å². The fraction of sp³-hybridized carbons (Fsp3) is 0.167. The summed E-state index contributed by atoms with van der Waals surface area (Å²) >= 11 is 5.93. The maximum atomic E-state index is 11.5. The van der Waals surface area contributed by atoms with Gasteiger partial charge in [0, 0.05) is 0 Å². The number of hydrogen-bond donors (Lipinski definition) is 1. The third-order valence-electron chi connectivity index (χ3n) is 2.01. The van der Waals surface area contributed by atoms with Gasteiger partial charge >= 0.3 is 11.9 Å². The molecule has 1 aromatic carbocycles. The molecule has 6 heteroatoms. The van der Waals surface area contributed by atoms with Gasteiger partial charge in [-0.2, -0.15) is 0 Å². The number of esters is 2. The summed E-state index contributed by atoms with van der Waals surface area (Å²) in [7, 11) is 2.42. The fourth-order valence-corrected chi connectivity index (χ4v) is 1.32. The van der Waals surface area contributed by atoms with Crippen LogP contribution in [0.25, 0.3) is 0 Å². The van der Waals surface area contributed by atoms with E-state index in [1.807, 2.05) is 0 Å². The second-order valence-electron chi connectivity index (χ2n) is 3.18. The molecule has 96 valence electrons. The van der Waals surface area contributed by atoms with Crippen LogP contribution >= 0.6 is 11.6 Å². The van der Waals surface area contributed by atoms with Crippen LogP contribution in [0.3, 0.4) is 0 Å². The Hall–Kier alpha value is -2.01. The molecule has 0 saturated heterocycles. The van der Waals surface area contributed by atoms with Crippen LogP contribution in [0.2, 0.25) is 5.02 Å². The third kappa shape index (κ3) is 3.78. The van der Waals surface area contributed by atoms with Crippen LogP contribution in [-0.4, -0.2) is 26.2 Å². The number of methoxy groups -OCH3 is 2. The summed E-state index contributed by atoms with van der Waals surface area (Å²) in [6.45, 7) is 0. The number of nitrogens with one attached hydrogen (secondary N) is 1. The van der Waals surface area contributed by atoms with Crippen molar-refractivity contribution in [3.63, 3.8) is 0 Å². The van der Waals surface area contributed by atoms with Gasteiger partial charge in [0.25, 0.3) is 0 Å². The van der Waals surface area contributed by atoms with Gasteiger partial charge in [0.05, 0.1) is 31.0 Å². The fourth-order valence-electron chi connectivity index (χ4n) is 1.14. The van der Waals surface area contributed by atoms with E-state index in [9.17, 15) is 9.59 Å². The Kier molecular flexibility index (Phi) is 5.20. The first-order valence-corrected chi connectivity index (χ1v) is 5.35. The zero-order chi connectivity index (χ0) is 13.5. The first-order valence-electron chi connectivity index (χ1n) is 4.98. The highest BCUT2D eigenvalue weighted by Gasteiger charge is 2.13. The first kappa shape index (κ1) is 14.1. The van der Waals surface area contributed by atoms with Crippen LogP contribution in [0.1, 0.15) is 0 Å². The molecule has 0 bridgehead atoms. The van der Waals surface area contributed by atoms with E-state index < -0.39 is 11.9 Å². The molecule has 0 unspecified atom stereocenters. The van der Waals surface area contributed by atoms with E-state index in [0.717, 1.165) is 6.08 Å². The molecule has 0 saturated carbocycles. The summed E-state index contributed by atoms with van der Waals surface area (Å²) in [5.74, 6) is -1.37. The van der Waals surface area contributed by atoms with E-state index in [1.165, 1.54) is 14.2 Å². The number of carbonyl (C=O) groups is 2. The van der Waals surface area contributed by atoms with Crippen LogP contribution in [-0.2, 0) is 19.1 Å². The lowest BCUT2D eigenvalue weighted by atomic mass is 10.3. The van der Waals surface area contributed by atoms with Crippen LogP contribution < -0.4 is 5.32 Å². The summed E-state index contributed by atoms with van der Waals surface area (Å²) in [5.41, 5.74) is 0.428. The topological polar surface area (TPSA) is 64.6 Å². The van der Waals surface area contributed by atoms with Gasteiger partial charge in [0.2, 0.25) is 0 Å². The smallest absolute Gasteiger partial charge is 0.354 e. The molecule has 18 heavy (non-hydrogen) atoms. The minimum absolute atomic E-state index is 0.0579. The zero-order valence-electron chi connectivity index (χ0n) is 9.90. The zero-order valence-corrected chi connectivity index (χ0v) is 10.7. The molecule has 0 spiro atoms. The maximum absolute atomic E-state index is 11.5. The first-order chi connectivity index (χ1) is 8.58. The van der Waals surface area contributed by atoms with Crippen molar-refractivity contribution in [2.45, 2.75) is 0 Å². The molecule has 0 aliphatic carbocycles. The van der Waals surface area contributed by atoms with Gasteiger partial charge in [-0.1, -0.05) is 23.7 Å². The Morgan fingerprint density at radius 1 is 1.22 bits per heavy atom. The highest BCUT2D eigenvalue weighted by molar-refractivity contribution is 6.33. The average molecular weight is 270 g/mol. The second kappa shape index (κ2) is 6.66. The van der Waals surface area contributed by atoms with Crippen LogP contribution in [0.15, 0.2) is 36.0 Å². The molecular weight excluding hydrogens is 258 g/mol. The van der Waals surface area contributed by atoms with E-state index in [2.05, 4.69) is 14.8 Å². The van der Waals surface area contributed by atoms with E-state index in [1.54, 1.807) is 24.3 Å². The predicted octanol–water partition coefficient (Wildman–Crippen LogP) is 1.98. The number of ether oxygens (including phenoxy) is 2. The van der Waals surface area contributed by atoms with Gasteiger partial charge in [-0.25, -0.2) is 9.59 Å². The molecule has 0 amide bonds. The van der Waals surface area contributed by atoms with Crippen molar-refractivity contribution in [2.75, 3.05) is 19.5 Å². The largest absolute Gasteiger partial charge is 0.466 e. The molecule has 0 heterocycles. The number of hydrogen-bond acceptors (Lipinski definition) is 5. The lowest BCUT2D eigenvalue weighted by molar-refractivity contribution is -0.138. The summed E-state index contributed by atoms with van der Waals surface area (Å²) < 4.78 is 9.00. The Morgan fingerprint density at radius 2 is 1.89 bits per heavy atom. The van der Waals surface area contributed by atoms with E-state index in [0.29, 0.717) is 10.7 Å². The van der Waals surface area contributed by atoms with Gasteiger partial charge < -0.3 is 14.8 Å². The molecule has 1 aromatic rings. The Labute approximate surface area is 109 Å². The Morgan fingerprint density at radius 3 is 2.44 bits per heavy atom. The predicted molar refractivity (Wildman–Crippen MR) is 67.2 cm³/mol. The van der Waals surface area contributed by atoms with E-state index >= 15 is 0 Å². The van der Waals surface area contributed by atoms with Gasteiger partial charge in [-0.3, -0.25) is 0 Å². The third-order valence-corrected chi connectivity index (χ3v) is 2.34. The van der Waals surface area contributed by atoms with Crippen molar-refractivity contribution in [3.8, 4) is 0 Å². The van der Waals surface area contributed by atoms with Gasteiger partial charge in [-0.15, -0.1) is 0 Å². The lowest BCUT2D eigenvalue weighted by Crippen LogP contribution is -2.15. The average Bonchev–Trinajstić information content (AvgIpc) is 2.39.